The highest BCUT2D eigenvalue weighted by Gasteiger charge is 2.22. The quantitative estimate of drug-likeness (QED) is 0.827. The zero-order valence-electron chi connectivity index (χ0n) is 13.6. The van der Waals surface area contributed by atoms with E-state index in [9.17, 15) is 23.2 Å². The summed E-state index contributed by atoms with van der Waals surface area (Å²) in [7, 11) is 0. The molecule has 0 spiro atoms. The zero-order chi connectivity index (χ0) is 18.7. The van der Waals surface area contributed by atoms with Gasteiger partial charge in [0.25, 0.3) is 0 Å². The van der Waals surface area contributed by atoms with Gasteiger partial charge in [-0.2, -0.15) is 0 Å². The van der Waals surface area contributed by atoms with Crippen LogP contribution in [-0.4, -0.2) is 24.3 Å². The van der Waals surface area contributed by atoms with E-state index >= 15 is 0 Å². The Hall–Kier alpha value is -3.29. The first kappa shape index (κ1) is 17.5. The molecule has 2 N–H and O–H groups in total. The van der Waals surface area contributed by atoms with Gasteiger partial charge in [-0.25, -0.2) is 8.78 Å². The van der Waals surface area contributed by atoms with Crippen molar-refractivity contribution < 1.29 is 23.2 Å². The highest BCUT2D eigenvalue weighted by molar-refractivity contribution is 6.43. The topological polar surface area (TPSA) is 78.5 Å². The van der Waals surface area contributed by atoms with Crippen LogP contribution in [0.3, 0.4) is 0 Å². The molecule has 2 aromatic rings. The Morgan fingerprint density at radius 3 is 2.31 bits per heavy atom. The smallest absolute Gasteiger partial charge is 0.314 e. The normalized spacial score (nSPS) is 13.6. The lowest BCUT2D eigenvalue weighted by atomic mass is 10.2. The van der Waals surface area contributed by atoms with Crippen molar-refractivity contribution in [1.29, 1.82) is 0 Å². The van der Waals surface area contributed by atoms with Crippen molar-refractivity contribution in [2.45, 2.75) is 12.8 Å². The fraction of sp³-hybridized carbons (Fsp3) is 0.167. The van der Waals surface area contributed by atoms with Gasteiger partial charge in [0, 0.05) is 30.4 Å². The maximum Gasteiger partial charge on any atom is 0.314 e. The lowest BCUT2D eigenvalue weighted by Gasteiger charge is -2.16. The molecule has 0 aliphatic carbocycles. The summed E-state index contributed by atoms with van der Waals surface area (Å²) in [5.41, 5.74) is 0.616. The van der Waals surface area contributed by atoms with Gasteiger partial charge < -0.3 is 15.5 Å². The Kier molecular flexibility index (Phi) is 4.92. The van der Waals surface area contributed by atoms with Gasteiger partial charge in [-0.15, -0.1) is 0 Å². The number of amides is 3. The number of hydrogen-bond acceptors (Lipinski definition) is 3. The zero-order valence-corrected chi connectivity index (χ0v) is 13.6. The van der Waals surface area contributed by atoms with E-state index in [-0.39, 0.29) is 5.91 Å². The van der Waals surface area contributed by atoms with Gasteiger partial charge >= 0.3 is 11.8 Å². The number of benzene rings is 2. The summed E-state index contributed by atoms with van der Waals surface area (Å²) < 4.78 is 26.6. The van der Waals surface area contributed by atoms with Crippen molar-refractivity contribution in [3.63, 3.8) is 0 Å². The number of halogens is 2. The number of hydrogen-bond donors (Lipinski definition) is 2. The minimum Gasteiger partial charge on any atom is -0.318 e. The van der Waals surface area contributed by atoms with Gasteiger partial charge in [0.05, 0.1) is 5.69 Å². The maximum atomic E-state index is 13.5. The fourth-order valence-electron chi connectivity index (χ4n) is 2.61. The molecule has 2 aromatic carbocycles. The number of carbonyl (C=O) groups is 3. The number of nitrogens with zero attached hydrogens (tertiary/aromatic N) is 1. The summed E-state index contributed by atoms with van der Waals surface area (Å²) in [4.78, 5) is 37.1. The first-order chi connectivity index (χ1) is 12.4. The number of anilines is 3. The molecule has 1 fully saturated rings. The first-order valence-corrected chi connectivity index (χ1v) is 7.92. The number of rotatable bonds is 3. The van der Waals surface area contributed by atoms with Crippen molar-refractivity contribution >= 4 is 34.8 Å². The molecule has 0 aromatic heterocycles. The summed E-state index contributed by atoms with van der Waals surface area (Å²) >= 11 is 0. The van der Waals surface area contributed by atoms with E-state index in [0.717, 1.165) is 24.6 Å². The second-order valence-corrected chi connectivity index (χ2v) is 5.73. The second kappa shape index (κ2) is 7.30. The third kappa shape index (κ3) is 3.85. The molecule has 1 saturated heterocycles. The van der Waals surface area contributed by atoms with Crippen LogP contribution < -0.4 is 15.5 Å². The largest absolute Gasteiger partial charge is 0.318 e. The van der Waals surface area contributed by atoms with Crippen LogP contribution in [0.4, 0.5) is 25.8 Å². The summed E-state index contributed by atoms with van der Waals surface area (Å²) in [5.74, 6) is -3.72. The van der Waals surface area contributed by atoms with Gasteiger partial charge in [0.15, 0.2) is 0 Å². The summed E-state index contributed by atoms with van der Waals surface area (Å²) in [6.07, 6.45) is 1.31. The minimum absolute atomic E-state index is 0.0401. The number of carbonyl (C=O) groups excluding carboxylic acids is 3. The summed E-state index contributed by atoms with van der Waals surface area (Å²) in [5, 5.41) is 4.37. The second-order valence-electron chi connectivity index (χ2n) is 5.73. The van der Waals surface area contributed by atoms with Crippen molar-refractivity contribution in [3.8, 4) is 0 Å². The summed E-state index contributed by atoms with van der Waals surface area (Å²) in [6.45, 7) is 0.645. The monoisotopic (exact) mass is 359 g/mol. The molecule has 6 nitrogen and oxygen atoms in total. The van der Waals surface area contributed by atoms with E-state index in [2.05, 4.69) is 5.32 Å². The average molecular weight is 359 g/mol. The SMILES string of the molecule is O=C(Nc1ccc(N2CCCC2=O)cc1)C(=O)Nc1cc(F)ccc1F. The third-order valence-electron chi connectivity index (χ3n) is 3.89. The minimum atomic E-state index is -1.13. The molecule has 0 bridgehead atoms. The highest BCUT2D eigenvalue weighted by atomic mass is 19.1. The van der Waals surface area contributed by atoms with Crippen molar-refractivity contribution in [3.05, 3.63) is 54.1 Å². The Labute approximate surface area is 147 Å². The molecule has 1 aliphatic rings. The molecule has 0 atom stereocenters. The first-order valence-electron chi connectivity index (χ1n) is 7.92. The predicted molar refractivity (Wildman–Crippen MR) is 91.6 cm³/mol. The van der Waals surface area contributed by atoms with E-state index in [4.69, 9.17) is 0 Å². The van der Waals surface area contributed by atoms with E-state index in [0.29, 0.717) is 24.3 Å². The molecule has 3 amide bonds. The van der Waals surface area contributed by atoms with E-state index in [1.165, 1.54) is 0 Å². The molecule has 3 rings (SSSR count). The lowest BCUT2D eigenvalue weighted by molar-refractivity contribution is -0.133. The summed E-state index contributed by atoms with van der Waals surface area (Å²) in [6, 6.07) is 8.94. The Balaban J connectivity index is 1.63. The lowest BCUT2D eigenvalue weighted by Crippen LogP contribution is -2.29. The molecular formula is C18H15F2N3O3. The average Bonchev–Trinajstić information content (AvgIpc) is 3.04. The van der Waals surface area contributed by atoms with Gasteiger partial charge in [-0.3, -0.25) is 14.4 Å². The Morgan fingerprint density at radius 2 is 1.65 bits per heavy atom. The molecule has 134 valence electrons. The van der Waals surface area contributed by atoms with Gasteiger partial charge in [-0.05, 0) is 42.8 Å². The highest BCUT2D eigenvalue weighted by Crippen LogP contribution is 2.23. The molecule has 0 saturated carbocycles. The number of nitrogens with one attached hydrogen (secondary N) is 2. The third-order valence-corrected chi connectivity index (χ3v) is 3.89. The van der Waals surface area contributed by atoms with Crippen molar-refractivity contribution in [2.24, 2.45) is 0 Å². The predicted octanol–water partition coefficient (Wildman–Crippen LogP) is 2.67. The standard InChI is InChI=1S/C18H15F2N3O3/c19-11-3-8-14(20)15(10-11)22-18(26)17(25)21-12-4-6-13(7-5-12)23-9-1-2-16(23)24/h3-8,10H,1-2,9H2,(H,21,25)(H,22,26). The Bertz CT molecular complexity index is 868. The Morgan fingerprint density at radius 1 is 0.962 bits per heavy atom. The van der Waals surface area contributed by atoms with Crippen LogP contribution in [0.25, 0.3) is 0 Å². The van der Waals surface area contributed by atoms with Gasteiger partial charge in [-0.1, -0.05) is 0 Å². The van der Waals surface area contributed by atoms with Crippen LogP contribution in [0, 0.1) is 11.6 Å². The molecule has 0 unspecified atom stereocenters. The van der Waals surface area contributed by atoms with Gasteiger partial charge in [0.2, 0.25) is 5.91 Å². The van der Waals surface area contributed by atoms with Crippen LogP contribution in [0.1, 0.15) is 12.8 Å². The molecule has 1 heterocycles. The molecule has 0 radical (unpaired) electrons. The van der Waals surface area contributed by atoms with Crippen molar-refractivity contribution in [2.75, 3.05) is 22.1 Å². The van der Waals surface area contributed by atoms with Crippen LogP contribution in [-0.2, 0) is 14.4 Å². The molecule has 8 heteroatoms. The van der Waals surface area contributed by atoms with E-state index in [1.807, 2.05) is 5.32 Å². The van der Waals surface area contributed by atoms with Crippen LogP contribution in [0.5, 0.6) is 0 Å². The van der Waals surface area contributed by atoms with Gasteiger partial charge in [0.1, 0.15) is 11.6 Å². The van der Waals surface area contributed by atoms with Crippen molar-refractivity contribution in [1.82, 2.24) is 0 Å². The maximum absolute atomic E-state index is 13.5. The van der Waals surface area contributed by atoms with Crippen LogP contribution >= 0.6 is 0 Å². The molecule has 26 heavy (non-hydrogen) atoms. The molecular weight excluding hydrogens is 344 g/mol. The van der Waals surface area contributed by atoms with Crippen LogP contribution in [0.15, 0.2) is 42.5 Å². The van der Waals surface area contributed by atoms with E-state index in [1.54, 1.807) is 29.2 Å². The molecule has 1 aliphatic heterocycles. The fourth-order valence-corrected chi connectivity index (χ4v) is 2.61. The van der Waals surface area contributed by atoms with Crippen LogP contribution in [0.2, 0.25) is 0 Å². The van der Waals surface area contributed by atoms with E-state index < -0.39 is 29.1 Å².